The van der Waals surface area contributed by atoms with Crippen LogP contribution in [-0.2, 0) is 19.4 Å². The van der Waals surface area contributed by atoms with E-state index >= 15 is 4.39 Å². The molecule has 77 heavy (non-hydrogen) atoms. The first-order valence-corrected chi connectivity index (χ1v) is 28.6. The van der Waals surface area contributed by atoms with Gasteiger partial charge >= 0.3 is 0 Å². The number of hydrogen-bond acceptors (Lipinski definition) is 9. The SMILES string of the molecule is C=Cc1nc(N2CCc3cccc(C(=C)Nc4nc5ccccc5s4)c3C2)ccc1-c1cccc(CCCC(C)C2CCN(CC(=C)N3CCN(c4cc5c(=C)n(C6CCC(=C)NC6=C)c(=C)c5cc4F)CC3)CC2)c1C. The summed E-state index contributed by atoms with van der Waals surface area (Å²) in [4.78, 5) is 19.6. The van der Waals surface area contributed by atoms with Crippen molar-refractivity contribution in [1.29, 1.82) is 0 Å². The van der Waals surface area contributed by atoms with Crippen molar-refractivity contribution in [2.75, 3.05) is 67.5 Å². The third kappa shape index (κ3) is 10.5. The zero-order valence-corrected chi connectivity index (χ0v) is 46.1. The number of nitrogens with zero attached hydrogens (tertiary/aromatic N) is 7. The van der Waals surface area contributed by atoms with Crippen molar-refractivity contribution in [2.24, 2.45) is 11.8 Å². The van der Waals surface area contributed by atoms with E-state index in [-0.39, 0.29) is 11.9 Å². The van der Waals surface area contributed by atoms with Crippen molar-refractivity contribution in [1.82, 2.24) is 29.7 Å². The Kier molecular flexibility index (Phi) is 14.8. The summed E-state index contributed by atoms with van der Waals surface area (Å²) in [5.41, 5.74) is 15.3. The minimum atomic E-state index is -0.214. The van der Waals surface area contributed by atoms with E-state index < -0.39 is 0 Å². The molecular weight excluding hydrogens is 970 g/mol. The topological polar surface area (TPSA) is 67.7 Å². The van der Waals surface area contributed by atoms with Gasteiger partial charge in [-0.25, -0.2) is 14.4 Å². The van der Waals surface area contributed by atoms with E-state index in [1.54, 1.807) is 17.4 Å². The number of halogens is 1. The van der Waals surface area contributed by atoms with Gasteiger partial charge < -0.3 is 29.9 Å². The maximum Gasteiger partial charge on any atom is 0.188 e. The van der Waals surface area contributed by atoms with Gasteiger partial charge in [0.15, 0.2) is 5.13 Å². The summed E-state index contributed by atoms with van der Waals surface area (Å²) in [5.74, 6) is 2.16. The number of allylic oxidation sites excluding steroid dienone is 2. The maximum absolute atomic E-state index is 15.9. The number of likely N-dealkylation sites (tertiary alicyclic amines) is 1. The molecule has 3 aromatic heterocycles. The summed E-state index contributed by atoms with van der Waals surface area (Å²) >= 11 is 1.65. The van der Waals surface area contributed by atoms with Crippen molar-refractivity contribution in [3.05, 3.63) is 185 Å². The number of rotatable bonds is 16. The molecule has 3 saturated heterocycles. The summed E-state index contributed by atoms with van der Waals surface area (Å²) in [6.07, 6.45) is 10.5. The fourth-order valence-corrected chi connectivity index (χ4v) is 13.7. The highest BCUT2D eigenvalue weighted by atomic mass is 32.1. The molecule has 2 N–H and O–H groups in total. The second-order valence-corrected chi connectivity index (χ2v) is 23.1. The van der Waals surface area contributed by atoms with Gasteiger partial charge in [0.1, 0.15) is 11.6 Å². The number of piperazine rings is 1. The van der Waals surface area contributed by atoms with E-state index in [0.717, 1.165) is 167 Å². The monoisotopic (exact) mass is 1040 g/mol. The van der Waals surface area contributed by atoms with Crippen LogP contribution in [0, 0.1) is 24.6 Å². The Morgan fingerprint density at radius 2 is 1.60 bits per heavy atom. The van der Waals surface area contributed by atoms with Crippen LogP contribution in [0.25, 0.3) is 57.0 Å². The average Bonchev–Trinajstić information content (AvgIpc) is 4.01. The molecule has 3 fully saturated rings. The molecule has 11 rings (SSSR count). The highest BCUT2D eigenvalue weighted by Crippen LogP contribution is 2.37. The predicted molar refractivity (Wildman–Crippen MR) is 324 cm³/mol. The number of thiazole rings is 1. The van der Waals surface area contributed by atoms with Crippen LogP contribution in [0.5, 0.6) is 0 Å². The molecule has 2 atom stereocenters. The van der Waals surface area contributed by atoms with Gasteiger partial charge in [-0.05, 0) is 147 Å². The highest BCUT2D eigenvalue weighted by Gasteiger charge is 2.29. The van der Waals surface area contributed by atoms with Crippen LogP contribution >= 0.6 is 11.3 Å². The molecule has 396 valence electrons. The van der Waals surface area contributed by atoms with Gasteiger partial charge in [0.25, 0.3) is 0 Å². The number of piperidine rings is 2. The normalized spacial score (nSPS) is 17.9. The molecule has 0 amide bonds. The number of aryl methyl sites for hydroxylation is 1. The highest BCUT2D eigenvalue weighted by molar-refractivity contribution is 7.22. The Balaban J connectivity index is 0.648. The third-order valence-electron chi connectivity index (χ3n) is 17.4. The number of para-hydroxylation sites is 1. The Morgan fingerprint density at radius 1 is 0.831 bits per heavy atom. The molecular formula is C66H74FN9S. The first kappa shape index (κ1) is 51.9. The molecule has 0 aliphatic carbocycles. The summed E-state index contributed by atoms with van der Waals surface area (Å²) in [7, 11) is 0. The fourth-order valence-electron chi connectivity index (χ4n) is 12.8. The van der Waals surface area contributed by atoms with Gasteiger partial charge in [-0.15, -0.1) is 0 Å². The second kappa shape index (κ2) is 22.0. The van der Waals surface area contributed by atoms with Crippen LogP contribution < -0.4 is 31.1 Å². The van der Waals surface area contributed by atoms with E-state index in [1.807, 2.05) is 24.3 Å². The quantitative estimate of drug-likeness (QED) is 0.0992. The second-order valence-electron chi connectivity index (χ2n) is 22.0. The number of nitrogens with one attached hydrogen (secondary N) is 2. The number of pyridine rings is 1. The van der Waals surface area contributed by atoms with Crippen LogP contribution in [0.2, 0.25) is 0 Å². The van der Waals surface area contributed by atoms with Crippen molar-refractivity contribution < 1.29 is 4.39 Å². The molecule has 4 aliphatic heterocycles. The Bertz CT molecular complexity index is 3520. The van der Waals surface area contributed by atoms with E-state index in [0.29, 0.717) is 11.6 Å². The molecule has 11 heteroatoms. The lowest BCUT2D eigenvalue weighted by Gasteiger charge is -2.41. The van der Waals surface area contributed by atoms with Crippen LogP contribution in [0.1, 0.15) is 85.0 Å². The minimum absolute atomic E-state index is 0.00490. The van der Waals surface area contributed by atoms with E-state index in [9.17, 15) is 0 Å². The third-order valence-corrected chi connectivity index (χ3v) is 18.3. The molecule has 0 bridgehead atoms. The molecule has 9 nitrogen and oxygen atoms in total. The van der Waals surface area contributed by atoms with Gasteiger partial charge in [-0.2, -0.15) is 0 Å². The molecule has 0 spiro atoms. The number of hydrogen-bond donors (Lipinski definition) is 2. The maximum atomic E-state index is 15.9. The summed E-state index contributed by atoms with van der Waals surface area (Å²) in [5, 5.41) is 11.1. The zero-order chi connectivity index (χ0) is 53.5. The number of fused-ring (bicyclic) bond motifs is 3. The van der Waals surface area contributed by atoms with Crippen molar-refractivity contribution in [3.8, 4) is 11.1 Å². The smallest absolute Gasteiger partial charge is 0.188 e. The molecule has 7 heterocycles. The first-order valence-electron chi connectivity index (χ1n) is 27.8. The Morgan fingerprint density at radius 3 is 2.36 bits per heavy atom. The van der Waals surface area contributed by atoms with E-state index in [4.69, 9.17) is 9.97 Å². The molecule has 7 aromatic rings. The Labute approximate surface area is 458 Å². The molecule has 0 saturated carbocycles. The number of anilines is 3. The van der Waals surface area contributed by atoms with Crippen LogP contribution in [0.15, 0.2) is 135 Å². The van der Waals surface area contributed by atoms with E-state index in [2.05, 4.69) is 155 Å². The molecule has 0 radical (unpaired) electrons. The van der Waals surface area contributed by atoms with Gasteiger partial charge in [0, 0.05) is 101 Å². The van der Waals surface area contributed by atoms with E-state index in [1.165, 1.54) is 59.2 Å². The molecule has 4 aliphatic rings. The number of benzene rings is 4. The van der Waals surface area contributed by atoms with Gasteiger partial charge in [-0.1, -0.05) is 119 Å². The predicted octanol–water partition coefficient (Wildman–Crippen LogP) is 12.8. The van der Waals surface area contributed by atoms with Gasteiger partial charge in [-0.3, -0.25) is 4.90 Å². The lowest BCUT2D eigenvalue weighted by molar-refractivity contribution is 0.146. The van der Waals surface area contributed by atoms with Gasteiger partial charge in [0.05, 0.1) is 27.6 Å². The standard InChI is InChI=1S/C66H74FN9S/c1-10-60-55(25-27-65(70-60)75-33-30-52-19-15-21-54(58(52)41-75)46(6)69-66-71-61-22-11-12-23-64(61)77-66)53-20-14-18-51(45(53)5)17-13-16-42(2)50-28-31-72(32-29-50)40-44(4)73-34-36-74(37-35-73)63-39-57-49(9)76(48(8)56(57)38-59(63)67)62-26-24-43(3)68-47(62)7/h10-12,14-15,18-23,25,27,38-39,42,50,62,68H,1,3-4,6-9,13,16-17,24,26,28-37,40-41H2,2,5H3,(H,69,71). The van der Waals surface area contributed by atoms with Crippen LogP contribution in [0.4, 0.5) is 21.0 Å². The van der Waals surface area contributed by atoms with Crippen LogP contribution in [0.3, 0.4) is 0 Å². The largest absolute Gasteiger partial charge is 0.371 e. The summed E-state index contributed by atoms with van der Waals surface area (Å²) in [6.45, 7) is 43.0. The van der Waals surface area contributed by atoms with Crippen molar-refractivity contribution in [2.45, 2.75) is 77.8 Å². The lowest BCUT2D eigenvalue weighted by atomic mass is 9.82. The first-order chi connectivity index (χ1) is 37.3. The fraction of sp³-hybridized carbons (Fsp3) is 0.333. The Hall–Kier alpha value is -7.21. The zero-order valence-electron chi connectivity index (χ0n) is 45.3. The number of aromatic nitrogens is 3. The summed E-state index contributed by atoms with van der Waals surface area (Å²) < 4.78 is 19.2. The van der Waals surface area contributed by atoms with Gasteiger partial charge in [0.2, 0.25) is 0 Å². The van der Waals surface area contributed by atoms with Crippen molar-refractivity contribution >= 4 is 73.9 Å². The average molecular weight is 1040 g/mol. The van der Waals surface area contributed by atoms with Crippen molar-refractivity contribution in [3.63, 3.8) is 0 Å². The van der Waals surface area contributed by atoms with Crippen LogP contribution in [-0.4, -0.2) is 76.7 Å². The molecule has 2 unspecified atom stereocenters. The lowest BCUT2D eigenvalue weighted by Crippen LogP contribution is -2.48. The molecule has 4 aromatic carbocycles. The summed E-state index contributed by atoms with van der Waals surface area (Å²) in [6, 6.07) is 29.6. The minimum Gasteiger partial charge on any atom is -0.371 e.